The summed E-state index contributed by atoms with van der Waals surface area (Å²) in [5.41, 5.74) is 1.27. The number of hydrogen-bond acceptors (Lipinski definition) is 9. The Labute approximate surface area is 183 Å². The highest BCUT2D eigenvalue weighted by Gasteiger charge is 2.55. The van der Waals surface area contributed by atoms with Gasteiger partial charge < -0.3 is 9.26 Å². The van der Waals surface area contributed by atoms with E-state index in [2.05, 4.69) is 20.5 Å². The van der Waals surface area contributed by atoms with Crippen LogP contribution >= 0.6 is 0 Å². The SMILES string of the molecule is CC(C)Oc1ccc(-c2noc(CN3N=NC4C(=O)N(c5ccccc5)C(=O)C43)n2)cc1. The number of carbonyl (C=O) groups excluding carboxylic acids is 2. The number of imide groups is 1. The summed E-state index contributed by atoms with van der Waals surface area (Å²) >= 11 is 0. The fourth-order valence-electron chi connectivity index (χ4n) is 3.72. The van der Waals surface area contributed by atoms with Crippen LogP contribution in [0.2, 0.25) is 0 Å². The topological polar surface area (TPSA) is 113 Å². The van der Waals surface area contributed by atoms with Crippen LogP contribution in [0.1, 0.15) is 19.7 Å². The smallest absolute Gasteiger partial charge is 0.263 e. The molecule has 2 aliphatic heterocycles. The Balaban J connectivity index is 1.31. The van der Waals surface area contributed by atoms with Crippen molar-refractivity contribution in [3.05, 3.63) is 60.5 Å². The van der Waals surface area contributed by atoms with Crippen LogP contribution in [0.4, 0.5) is 5.69 Å². The summed E-state index contributed by atoms with van der Waals surface area (Å²) < 4.78 is 11.0. The first-order valence-electron chi connectivity index (χ1n) is 10.2. The van der Waals surface area contributed by atoms with Crippen molar-refractivity contribution in [2.24, 2.45) is 10.3 Å². The minimum Gasteiger partial charge on any atom is -0.491 e. The van der Waals surface area contributed by atoms with Crippen molar-refractivity contribution >= 4 is 17.5 Å². The third-order valence-corrected chi connectivity index (χ3v) is 5.12. The van der Waals surface area contributed by atoms with Crippen molar-refractivity contribution < 1.29 is 18.8 Å². The van der Waals surface area contributed by atoms with Gasteiger partial charge in [0.05, 0.1) is 11.8 Å². The van der Waals surface area contributed by atoms with Crippen molar-refractivity contribution in [2.45, 2.75) is 38.6 Å². The van der Waals surface area contributed by atoms with Crippen molar-refractivity contribution in [1.29, 1.82) is 0 Å². The highest BCUT2D eigenvalue weighted by Crippen LogP contribution is 2.32. The fourth-order valence-corrected chi connectivity index (χ4v) is 3.72. The van der Waals surface area contributed by atoms with Gasteiger partial charge in [-0.3, -0.25) is 14.6 Å². The lowest BCUT2D eigenvalue weighted by molar-refractivity contribution is -0.123. The Bertz CT molecular complexity index is 1170. The lowest BCUT2D eigenvalue weighted by atomic mass is 10.1. The number of carbonyl (C=O) groups is 2. The molecule has 0 N–H and O–H groups in total. The lowest BCUT2D eigenvalue weighted by Crippen LogP contribution is -2.39. The molecular weight excluding hydrogens is 412 g/mol. The molecule has 0 bridgehead atoms. The normalized spacial score (nSPS) is 19.8. The molecule has 2 atom stereocenters. The largest absolute Gasteiger partial charge is 0.491 e. The number of hydrogen-bond donors (Lipinski definition) is 0. The zero-order valence-corrected chi connectivity index (χ0v) is 17.5. The average molecular weight is 432 g/mol. The molecule has 2 unspecified atom stereocenters. The van der Waals surface area contributed by atoms with Gasteiger partial charge in [-0.15, -0.1) is 0 Å². The second kappa shape index (κ2) is 7.88. The van der Waals surface area contributed by atoms with E-state index in [1.165, 1.54) is 5.01 Å². The number of benzene rings is 2. The van der Waals surface area contributed by atoms with Gasteiger partial charge in [0.25, 0.3) is 11.8 Å². The molecule has 162 valence electrons. The maximum Gasteiger partial charge on any atom is 0.263 e. The molecular formula is C22H20N6O4. The average Bonchev–Trinajstić information content (AvgIpc) is 3.47. The van der Waals surface area contributed by atoms with E-state index in [0.717, 1.165) is 16.2 Å². The molecule has 5 rings (SSSR count). The molecule has 2 aromatic carbocycles. The number of para-hydroxylation sites is 1. The number of anilines is 1. The maximum absolute atomic E-state index is 13.0. The zero-order chi connectivity index (χ0) is 22.2. The summed E-state index contributed by atoms with van der Waals surface area (Å²) in [6.07, 6.45) is 0.0825. The third kappa shape index (κ3) is 3.49. The van der Waals surface area contributed by atoms with Gasteiger partial charge >= 0.3 is 0 Å². The van der Waals surface area contributed by atoms with E-state index in [1.807, 2.05) is 44.2 Å². The van der Waals surface area contributed by atoms with Crippen LogP contribution in [0, 0.1) is 0 Å². The number of amides is 2. The minimum atomic E-state index is -0.876. The van der Waals surface area contributed by atoms with Gasteiger partial charge in [-0.2, -0.15) is 10.1 Å². The Morgan fingerprint density at radius 2 is 1.78 bits per heavy atom. The number of ether oxygens (including phenoxy) is 1. The summed E-state index contributed by atoms with van der Waals surface area (Å²) in [5.74, 6) is 0.650. The van der Waals surface area contributed by atoms with Gasteiger partial charge in [-0.1, -0.05) is 28.6 Å². The van der Waals surface area contributed by atoms with Crippen LogP contribution in [0.25, 0.3) is 11.4 Å². The zero-order valence-electron chi connectivity index (χ0n) is 17.5. The molecule has 1 saturated heterocycles. The van der Waals surface area contributed by atoms with Crippen LogP contribution in [-0.4, -0.2) is 45.2 Å². The second-order valence-corrected chi connectivity index (χ2v) is 7.74. The number of fused-ring (bicyclic) bond motifs is 1. The van der Waals surface area contributed by atoms with E-state index < -0.39 is 18.0 Å². The van der Waals surface area contributed by atoms with Crippen LogP contribution in [0.3, 0.4) is 0 Å². The predicted molar refractivity (Wildman–Crippen MR) is 112 cm³/mol. The number of rotatable bonds is 6. The van der Waals surface area contributed by atoms with Gasteiger partial charge in [0, 0.05) is 5.56 Å². The number of aromatic nitrogens is 2. The Kier molecular flexibility index (Phi) is 4.89. The molecule has 10 heteroatoms. The maximum atomic E-state index is 13.0. The van der Waals surface area contributed by atoms with Gasteiger partial charge in [-0.05, 0) is 50.2 Å². The first-order valence-corrected chi connectivity index (χ1v) is 10.2. The van der Waals surface area contributed by atoms with E-state index in [-0.39, 0.29) is 24.4 Å². The molecule has 1 fully saturated rings. The van der Waals surface area contributed by atoms with Crippen LogP contribution in [0.15, 0.2) is 69.5 Å². The van der Waals surface area contributed by atoms with Gasteiger partial charge in [0.1, 0.15) is 12.3 Å². The van der Waals surface area contributed by atoms with E-state index >= 15 is 0 Å². The summed E-state index contributed by atoms with van der Waals surface area (Å²) in [6, 6.07) is 14.4. The van der Waals surface area contributed by atoms with Crippen LogP contribution < -0.4 is 9.64 Å². The minimum absolute atomic E-state index is 0.0634. The first kappa shape index (κ1) is 19.9. The molecule has 32 heavy (non-hydrogen) atoms. The fraction of sp³-hybridized carbons (Fsp3) is 0.273. The Morgan fingerprint density at radius 1 is 1.03 bits per heavy atom. The lowest BCUT2D eigenvalue weighted by Gasteiger charge is -2.19. The van der Waals surface area contributed by atoms with Crippen LogP contribution in [0.5, 0.6) is 5.75 Å². The highest BCUT2D eigenvalue weighted by atomic mass is 16.5. The highest BCUT2D eigenvalue weighted by molar-refractivity contribution is 6.25. The molecule has 10 nitrogen and oxygen atoms in total. The molecule has 3 aromatic rings. The van der Waals surface area contributed by atoms with E-state index in [0.29, 0.717) is 11.5 Å². The van der Waals surface area contributed by atoms with Gasteiger partial charge in [0.15, 0.2) is 12.1 Å². The standard InChI is InChI=1S/C22H20N6O4/c1-13(2)31-16-10-8-14(9-11-16)20-23-17(32-25-20)12-27-19-18(24-26-27)21(29)28(22(19)30)15-6-4-3-5-7-15/h3-11,13,18-19H,12H2,1-2H3. The molecule has 0 saturated carbocycles. The summed E-state index contributed by atoms with van der Waals surface area (Å²) in [5, 5.41) is 13.5. The third-order valence-electron chi connectivity index (χ3n) is 5.12. The van der Waals surface area contributed by atoms with E-state index in [1.54, 1.807) is 24.3 Å². The Morgan fingerprint density at radius 3 is 2.50 bits per heavy atom. The Hall–Kier alpha value is -4.08. The van der Waals surface area contributed by atoms with Crippen molar-refractivity contribution in [1.82, 2.24) is 15.1 Å². The molecule has 0 radical (unpaired) electrons. The van der Waals surface area contributed by atoms with Crippen molar-refractivity contribution in [3.8, 4) is 17.1 Å². The molecule has 0 aliphatic carbocycles. The number of nitrogens with zero attached hydrogens (tertiary/aromatic N) is 6. The summed E-state index contributed by atoms with van der Waals surface area (Å²) in [7, 11) is 0. The molecule has 2 aliphatic rings. The van der Waals surface area contributed by atoms with Crippen molar-refractivity contribution in [3.63, 3.8) is 0 Å². The van der Waals surface area contributed by atoms with Gasteiger partial charge in [-0.25, -0.2) is 4.90 Å². The summed E-state index contributed by atoms with van der Waals surface area (Å²) in [4.78, 5) is 31.3. The first-order chi connectivity index (χ1) is 15.5. The molecule has 3 heterocycles. The monoisotopic (exact) mass is 432 g/mol. The summed E-state index contributed by atoms with van der Waals surface area (Å²) in [6.45, 7) is 3.98. The van der Waals surface area contributed by atoms with Crippen molar-refractivity contribution in [2.75, 3.05) is 4.90 Å². The van der Waals surface area contributed by atoms with Gasteiger partial charge in [0.2, 0.25) is 11.7 Å². The second-order valence-electron chi connectivity index (χ2n) is 7.74. The molecule has 2 amide bonds. The van der Waals surface area contributed by atoms with Crippen LogP contribution in [-0.2, 0) is 16.1 Å². The molecule has 0 spiro atoms. The van der Waals surface area contributed by atoms with E-state index in [9.17, 15) is 9.59 Å². The molecule has 1 aromatic heterocycles. The van der Waals surface area contributed by atoms with E-state index in [4.69, 9.17) is 9.26 Å². The quantitative estimate of drug-likeness (QED) is 0.550. The predicted octanol–water partition coefficient (Wildman–Crippen LogP) is 3.02.